The quantitative estimate of drug-likeness (QED) is 0.746. The molecule has 7 heteroatoms. The van der Waals surface area contributed by atoms with Gasteiger partial charge in [0.2, 0.25) is 0 Å². The molecule has 1 fully saturated rings. The topological polar surface area (TPSA) is 82.0 Å². The molecule has 0 aromatic carbocycles. The van der Waals surface area contributed by atoms with Gasteiger partial charge in [-0.15, -0.1) is 10.8 Å². The third-order valence-corrected chi connectivity index (χ3v) is 5.58. The van der Waals surface area contributed by atoms with Crippen LogP contribution in [0.15, 0.2) is 0 Å². The SMILES string of the molecule is CC(C)S(O)(O)N1CCC(NC(=O)OC(C)(C)C)CC1. The molecule has 1 aliphatic rings. The molecule has 1 rings (SSSR count). The minimum atomic E-state index is -2.69. The molecule has 0 aliphatic carbocycles. The van der Waals surface area contributed by atoms with E-state index < -0.39 is 22.5 Å². The summed E-state index contributed by atoms with van der Waals surface area (Å²) in [5, 5.41) is 2.65. The summed E-state index contributed by atoms with van der Waals surface area (Å²) in [6.07, 6.45) is 0.982. The molecule has 0 saturated carbocycles. The Balaban J connectivity index is 2.41. The molecule has 0 spiro atoms. The summed E-state index contributed by atoms with van der Waals surface area (Å²) in [7, 11) is -2.69. The Bertz CT molecular complexity index is 334. The van der Waals surface area contributed by atoms with E-state index in [1.807, 2.05) is 20.8 Å². The highest BCUT2D eigenvalue weighted by molar-refractivity contribution is 8.22. The van der Waals surface area contributed by atoms with Gasteiger partial charge in [0.25, 0.3) is 0 Å². The van der Waals surface area contributed by atoms with Crippen LogP contribution in [0.3, 0.4) is 0 Å². The zero-order chi connectivity index (χ0) is 15.6. The van der Waals surface area contributed by atoms with Crippen molar-refractivity contribution in [3.63, 3.8) is 0 Å². The van der Waals surface area contributed by atoms with Gasteiger partial charge in [0.15, 0.2) is 0 Å². The maximum atomic E-state index is 11.7. The molecule has 0 radical (unpaired) electrons. The van der Waals surface area contributed by atoms with Crippen molar-refractivity contribution in [3.05, 3.63) is 0 Å². The number of alkyl carbamates (subject to hydrolysis) is 1. The number of ether oxygens (including phenoxy) is 1. The first-order valence-corrected chi connectivity index (χ1v) is 8.60. The summed E-state index contributed by atoms with van der Waals surface area (Å²) >= 11 is 0. The standard InChI is InChI=1S/C13H28N2O4S/c1-10(2)20(17,18)15-8-6-11(7-9-15)14-12(16)19-13(3,4)5/h10-11,17-18H,6-9H2,1-5H3,(H,14,16). The number of nitrogens with one attached hydrogen (secondary N) is 1. The number of carbonyl (C=O) groups is 1. The van der Waals surface area contributed by atoms with Crippen molar-refractivity contribution in [2.45, 2.75) is 64.4 Å². The number of hydrogen-bond acceptors (Lipinski definition) is 5. The van der Waals surface area contributed by atoms with E-state index in [-0.39, 0.29) is 11.3 Å². The first kappa shape index (κ1) is 17.6. The van der Waals surface area contributed by atoms with Gasteiger partial charge >= 0.3 is 6.09 Å². The zero-order valence-corrected chi connectivity index (χ0v) is 13.9. The molecular weight excluding hydrogens is 280 g/mol. The van der Waals surface area contributed by atoms with E-state index >= 15 is 0 Å². The van der Waals surface area contributed by atoms with Gasteiger partial charge in [-0.2, -0.15) is 0 Å². The first-order chi connectivity index (χ1) is 9.02. The van der Waals surface area contributed by atoms with Crippen molar-refractivity contribution in [3.8, 4) is 0 Å². The van der Waals surface area contributed by atoms with Crippen LogP contribution in [0, 0.1) is 0 Å². The molecule has 0 atom stereocenters. The van der Waals surface area contributed by atoms with Crippen molar-refractivity contribution in [2.24, 2.45) is 0 Å². The number of rotatable bonds is 3. The smallest absolute Gasteiger partial charge is 0.407 e. The van der Waals surface area contributed by atoms with Crippen LogP contribution in [0.4, 0.5) is 4.79 Å². The van der Waals surface area contributed by atoms with Crippen LogP contribution in [0.1, 0.15) is 47.5 Å². The lowest BCUT2D eigenvalue weighted by Gasteiger charge is -2.48. The van der Waals surface area contributed by atoms with Crippen molar-refractivity contribution < 1.29 is 18.6 Å². The molecule has 0 aromatic rings. The fraction of sp³-hybridized carbons (Fsp3) is 0.923. The van der Waals surface area contributed by atoms with Gasteiger partial charge in [0.1, 0.15) is 5.60 Å². The van der Waals surface area contributed by atoms with E-state index in [4.69, 9.17) is 4.74 Å². The Labute approximate surface area is 123 Å². The van der Waals surface area contributed by atoms with E-state index in [9.17, 15) is 13.9 Å². The van der Waals surface area contributed by atoms with Crippen LogP contribution < -0.4 is 5.32 Å². The van der Waals surface area contributed by atoms with Gasteiger partial charge in [0, 0.05) is 19.1 Å². The average molecular weight is 308 g/mol. The Hall–Kier alpha value is -0.500. The van der Waals surface area contributed by atoms with Gasteiger partial charge in [-0.3, -0.25) is 9.11 Å². The van der Waals surface area contributed by atoms with Gasteiger partial charge < -0.3 is 10.1 Å². The monoisotopic (exact) mass is 308 g/mol. The van der Waals surface area contributed by atoms with Crippen molar-refractivity contribution >= 4 is 16.9 Å². The molecular formula is C13H28N2O4S. The molecule has 0 unspecified atom stereocenters. The van der Waals surface area contributed by atoms with Gasteiger partial charge in [-0.1, -0.05) is 0 Å². The molecule has 1 heterocycles. The van der Waals surface area contributed by atoms with E-state index in [2.05, 4.69) is 5.32 Å². The highest BCUT2D eigenvalue weighted by atomic mass is 32.3. The second kappa shape index (κ2) is 6.51. The summed E-state index contributed by atoms with van der Waals surface area (Å²) in [5.41, 5.74) is -0.502. The van der Waals surface area contributed by atoms with Gasteiger partial charge in [-0.25, -0.2) is 9.10 Å². The number of nitrogens with zero attached hydrogens (tertiary/aromatic N) is 1. The van der Waals surface area contributed by atoms with Crippen LogP contribution in [0.2, 0.25) is 0 Å². The summed E-state index contributed by atoms with van der Waals surface area (Å²) in [6.45, 7) is 10.2. The minimum Gasteiger partial charge on any atom is -0.444 e. The predicted octanol–water partition coefficient (Wildman–Crippen LogP) is 3.05. The third-order valence-electron chi connectivity index (χ3n) is 3.19. The van der Waals surface area contributed by atoms with Crippen LogP contribution in [-0.2, 0) is 4.74 Å². The van der Waals surface area contributed by atoms with Crippen LogP contribution in [0.5, 0.6) is 0 Å². The lowest BCUT2D eigenvalue weighted by molar-refractivity contribution is 0.0489. The number of carbonyl (C=O) groups excluding carboxylic acids is 1. The molecule has 1 saturated heterocycles. The average Bonchev–Trinajstić information content (AvgIpc) is 2.26. The largest absolute Gasteiger partial charge is 0.444 e. The zero-order valence-electron chi connectivity index (χ0n) is 13.0. The van der Waals surface area contributed by atoms with E-state index in [0.717, 1.165) is 0 Å². The number of hydrogen-bond donors (Lipinski definition) is 3. The second-order valence-corrected chi connectivity index (χ2v) is 9.04. The molecule has 3 N–H and O–H groups in total. The molecule has 0 aromatic heterocycles. The molecule has 6 nitrogen and oxygen atoms in total. The maximum absolute atomic E-state index is 11.7. The van der Waals surface area contributed by atoms with Crippen LogP contribution >= 0.6 is 10.8 Å². The fourth-order valence-electron chi connectivity index (χ4n) is 2.04. The fourth-order valence-corrected chi connectivity index (χ4v) is 3.39. The summed E-state index contributed by atoms with van der Waals surface area (Å²) in [4.78, 5) is 11.7. The maximum Gasteiger partial charge on any atom is 0.407 e. The van der Waals surface area contributed by atoms with Crippen molar-refractivity contribution in [1.29, 1.82) is 0 Å². The highest BCUT2D eigenvalue weighted by Crippen LogP contribution is 2.48. The van der Waals surface area contributed by atoms with Crippen LogP contribution in [-0.4, -0.2) is 49.5 Å². The Kier molecular flexibility index (Phi) is 5.71. The first-order valence-electron chi connectivity index (χ1n) is 7.04. The van der Waals surface area contributed by atoms with Crippen molar-refractivity contribution in [2.75, 3.05) is 13.1 Å². The highest BCUT2D eigenvalue weighted by Gasteiger charge is 2.31. The molecule has 1 amide bonds. The Morgan fingerprint density at radius 3 is 2.20 bits per heavy atom. The van der Waals surface area contributed by atoms with Crippen LogP contribution in [0.25, 0.3) is 0 Å². The number of amides is 1. The predicted molar refractivity (Wildman–Crippen MR) is 81.9 cm³/mol. The van der Waals surface area contributed by atoms with E-state index in [0.29, 0.717) is 25.9 Å². The minimum absolute atomic E-state index is 0.0310. The van der Waals surface area contributed by atoms with E-state index in [1.54, 1.807) is 18.2 Å². The normalized spacial score (nSPS) is 20.0. The Morgan fingerprint density at radius 1 is 1.30 bits per heavy atom. The number of piperidine rings is 1. The van der Waals surface area contributed by atoms with E-state index in [1.165, 1.54) is 0 Å². The third kappa shape index (κ3) is 5.12. The van der Waals surface area contributed by atoms with Crippen molar-refractivity contribution in [1.82, 2.24) is 9.62 Å². The summed E-state index contributed by atoms with van der Waals surface area (Å²) in [5.74, 6) is 0. The molecule has 0 bridgehead atoms. The van der Waals surface area contributed by atoms with Gasteiger partial charge in [0.05, 0.1) is 5.25 Å². The van der Waals surface area contributed by atoms with Gasteiger partial charge in [-0.05, 0) is 47.5 Å². The Morgan fingerprint density at radius 2 is 1.80 bits per heavy atom. The molecule has 1 aliphatic heterocycles. The molecule has 120 valence electrons. The summed E-state index contributed by atoms with van der Waals surface area (Å²) in [6, 6.07) is 0.0310. The lowest BCUT2D eigenvalue weighted by Crippen LogP contribution is -2.47. The lowest BCUT2D eigenvalue weighted by atomic mass is 10.1. The second-order valence-electron chi connectivity index (χ2n) is 6.46. The summed E-state index contributed by atoms with van der Waals surface area (Å²) < 4.78 is 27.1. The molecule has 20 heavy (non-hydrogen) atoms.